The Hall–Kier alpha value is -1.72. The van der Waals surface area contributed by atoms with Crippen molar-refractivity contribution >= 4 is 11.6 Å². The number of anilines is 1. The Kier molecular flexibility index (Phi) is 5.42. The number of hydrogen-bond acceptors (Lipinski definition) is 2. The Morgan fingerprint density at radius 2 is 1.95 bits per heavy atom. The quantitative estimate of drug-likeness (QED) is 0.870. The molecule has 0 aromatic heterocycles. The van der Waals surface area contributed by atoms with Gasteiger partial charge in [0.05, 0.1) is 11.1 Å². The molecule has 3 nitrogen and oxygen atoms in total. The number of amides is 1. The van der Waals surface area contributed by atoms with Crippen molar-refractivity contribution in [2.24, 2.45) is 5.92 Å². The van der Waals surface area contributed by atoms with Gasteiger partial charge in [-0.1, -0.05) is 13.8 Å². The molecule has 0 radical (unpaired) electrons. The molecule has 0 saturated heterocycles. The van der Waals surface area contributed by atoms with E-state index in [9.17, 15) is 18.0 Å². The van der Waals surface area contributed by atoms with E-state index in [4.69, 9.17) is 0 Å². The fourth-order valence-electron chi connectivity index (χ4n) is 1.65. The van der Waals surface area contributed by atoms with Gasteiger partial charge in [0.2, 0.25) is 0 Å². The van der Waals surface area contributed by atoms with Gasteiger partial charge in [0.25, 0.3) is 5.91 Å². The SMILES string of the molecule is CCNc1ccc(C(F)(F)F)cc1C(=O)NCC(C)C. The molecule has 1 rings (SSSR count). The van der Waals surface area contributed by atoms with E-state index < -0.39 is 17.6 Å². The van der Waals surface area contributed by atoms with Crippen molar-refractivity contribution in [1.82, 2.24) is 5.32 Å². The summed E-state index contributed by atoms with van der Waals surface area (Å²) in [7, 11) is 0. The Morgan fingerprint density at radius 3 is 2.45 bits per heavy atom. The zero-order chi connectivity index (χ0) is 15.3. The third kappa shape index (κ3) is 4.43. The second-order valence-corrected chi connectivity index (χ2v) is 4.89. The molecule has 0 aliphatic heterocycles. The molecule has 0 fully saturated rings. The van der Waals surface area contributed by atoms with Gasteiger partial charge in [-0.2, -0.15) is 13.2 Å². The van der Waals surface area contributed by atoms with Crippen LogP contribution in [0, 0.1) is 5.92 Å². The van der Waals surface area contributed by atoms with Gasteiger partial charge in [-0.25, -0.2) is 0 Å². The monoisotopic (exact) mass is 288 g/mol. The lowest BCUT2D eigenvalue weighted by Gasteiger charge is -2.15. The third-order valence-corrected chi connectivity index (χ3v) is 2.63. The third-order valence-electron chi connectivity index (χ3n) is 2.63. The van der Waals surface area contributed by atoms with Crippen molar-refractivity contribution in [1.29, 1.82) is 0 Å². The first-order valence-corrected chi connectivity index (χ1v) is 6.49. The van der Waals surface area contributed by atoms with Gasteiger partial charge in [0.1, 0.15) is 0 Å². The molecule has 0 aliphatic carbocycles. The fourth-order valence-corrected chi connectivity index (χ4v) is 1.65. The molecule has 6 heteroatoms. The molecule has 2 N–H and O–H groups in total. The number of carbonyl (C=O) groups is 1. The van der Waals surface area contributed by atoms with Gasteiger partial charge < -0.3 is 10.6 Å². The lowest BCUT2D eigenvalue weighted by atomic mass is 10.1. The van der Waals surface area contributed by atoms with Crippen molar-refractivity contribution in [2.75, 3.05) is 18.4 Å². The summed E-state index contributed by atoms with van der Waals surface area (Å²) in [6, 6.07) is 3.14. The average molecular weight is 288 g/mol. The molecule has 1 amide bonds. The summed E-state index contributed by atoms with van der Waals surface area (Å²) in [4.78, 5) is 12.0. The van der Waals surface area contributed by atoms with Crippen LogP contribution >= 0.6 is 0 Å². The van der Waals surface area contributed by atoms with Crippen molar-refractivity contribution in [2.45, 2.75) is 26.9 Å². The molecule has 0 unspecified atom stereocenters. The predicted octanol–water partition coefficient (Wildman–Crippen LogP) is 3.52. The van der Waals surface area contributed by atoms with E-state index >= 15 is 0 Å². The highest BCUT2D eigenvalue weighted by Gasteiger charge is 2.31. The van der Waals surface area contributed by atoms with Gasteiger partial charge in [-0.05, 0) is 31.0 Å². The average Bonchev–Trinajstić information content (AvgIpc) is 2.35. The van der Waals surface area contributed by atoms with Gasteiger partial charge in [0, 0.05) is 18.8 Å². The molecule has 0 aliphatic rings. The summed E-state index contributed by atoms with van der Waals surface area (Å²) in [5.41, 5.74) is -0.405. The molecular formula is C14H19F3N2O. The molecule has 112 valence electrons. The largest absolute Gasteiger partial charge is 0.416 e. The number of halogens is 3. The van der Waals surface area contributed by atoms with Crippen LogP contribution in [0.15, 0.2) is 18.2 Å². The van der Waals surface area contributed by atoms with Crippen LogP contribution in [0.5, 0.6) is 0 Å². The highest BCUT2D eigenvalue weighted by Crippen LogP contribution is 2.31. The Balaban J connectivity index is 3.08. The highest BCUT2D eigenvalue weighted by molar-refractivity contribution is 5.99. The summed E-state index contributed by atoms with van der Waals surface area (Å²) in [5.74, 6) is -0.270. The number of benzene rings is 1. The maximum Gasteiger partial charge on any atom is 0.416 e. The van der Waals surface area contributed by atoms with E-state index in [1.807, 2.05) is 20.8 Å². The molecule has 20 heavy (non-hydrogen) atoms. The first kappa shape index (κ1) is 16.3. The van der Waals surface area contributed by atoms with E-state index in [1.54, 1.807) is 0 Å². The van der Waals surface area contributed by atoms with Gasteiger partial charge in [-0.15, -0.1) is 0 Å². The normalized spacial score (nSPS) is 11.6. The summed E-state index contributed by atoms with van der Waals surface area (Å²) in [6.07, 6.45) is -4.46. The molecule has 0 bridgehead atoms. The minimum absolute atomic E-state index is 0.0160. The van der Waals surface area contributed by atoms with Crippen molar-refractivity contribution in [3.05, 3.63) is 29.3 Å². The summed E-state index contributed by atoms with van der Waals surface area (Å²) < 4.78 is 38.1. The smallest absolute Gasteiger partial charge is 0.385 e. The van der Waals surface area contributed by atoms with Crippen LogP contribution in [0.25, 0.3) is 0 Å². The Morgan fingerprint density at radius 1 is 1.30 bits per heavy atom. The summed E-state index contributed by atoms with van der Waals surface area (Å²) in [6.45, 7) is 6.58. The zero-order valence-corrected chi connectivity index (χ0v) is 11.8. The number of rotatable bonds is 5. The Labute approximate surface area is 116 Å². The van der Waals surface area contributed by atoms with Crippen LogP contribution in [0.4, 0.5) is 18.9 Å². The summed E-state index contributed by atoms with van der Waals surface area (Å²) >= 11 is 0. The van der Waals surface area contributed by atoms with E-state index in [0.717, 1.165) is 12.1 Å². The second kappa shape index (κ2) is 6.63. The van der Waals surface area contributed by atoms with Crippen molar-refractivity contribution < 1.29 is 18.0 Å². The van der Waals surface area contributed by atoms with Crippen LogP contribution < -0.4 is 10.6 Å². The minimum Gasteiger partial charge on any atom is -0.385 e. The first-order chi connectivity index (χ1) is 9.25. The fraction of sp³-hybridized carbons (Fsp3) is 0.500. The van der Waals surface area contributed by atoms with Crippen LogP contribution in [0.1, 0.15) is 36.7 Å². The van der Waals surface area contributed by atoms with Crippen LogP contribution in [-0.4, -0.2) is 19.0 Å². The second-order valence-electron chi connectivity index (χ2n) is 4.89. The molecule has 1 aromatic carbocycles. The number of carbonyl (C=O) groups excluding carboxylic acids is 1. The standard InChI is InChI=1S/C14H19F3N2O/c1-4-18-12-6-5-10(14(15,16)17)7-11(12)13(20)19-8-9(2)3/h5-7,9,18H,4,8H2,1-3H3,(H,19,20). The summed E-state index contributed by atoms with van der Waals surface area (Å²) in [5, 5.41) is 5.52. The van der Waals surface area contributed by atoms with Gasteiger partial charge in [-0.3, -0.25) is 4.79 Å². The van der Waals surface area contributed by atoms with E-state index in [0.29, 0.717) is 18.8 Å². The number of alkyl halides is 3. The van der Waals surface area contributed by atoms with E-state index in [2.05, 4.69) is 10.6 Å². The topological polar surface area (TPSA) is 41.1 Å². The number of hydrogen-bond donors (Lipinski definition) is 2. The first-order valence-electron chi connectivity index (χ1n) is 6.49. The predicted molar refractivity (Wildman–Crippen MR) is 72.8 cm³/mol. The van der Waals surface area contributed by atoms with Crippen LogP contribution in [-0.2, 0) is 6.18 Å². The molecular weight excluding hydrogens is 269 g/mol. The maximum atomic E-state index is 12.7. The number of nitrogens with one attached hydrogen (secondary N) is 2. The van der Waals surface area contributed by atoms with Gasteiger partial charge >= 0.3 is 6.18 Å². The molecule has 0 spiro atoms. The molecule has 1 aromatic rings. The zero-order valence-electron chi connectivity index (χ0n) is 11.8. The van der Waals surface area contributed by atoms with Crippen molar-refractivity contribution in [3.8, 4) is 0 Å². The van der Waals surface area contributed by atoms with Crippen LogP contribution in [0.3, 0.4) is 0 Å². The molecule has 0 atom stereocenters. The van der Waals surface area contributed by atoms with E-state index in [1.165, 1.54) is 6.07 Å². The lowest BCUT2D eigenvalue weighted by Crippen LogP contribution is -2.28. The maximum absolute atomic E-state index is 12.7. The highest BCUT2D eigenvalue weighted by atomic mass is 19.4. The van der Waals surface area contributed by atoms with Crippen molar-refractivity contribution in [3.63, 3.8) is 0 Å². The Bertz CT molecular complexity index is 470. The minimum atomic E-state index is -4.46. The molecule has 0 saturated carbocycles. The van der Waals surface area contributed by atoms with Crippen LogP contribution in [0.2, 0.25) is 0 Å². The molecule has 0 heterocycles. The lowest BCUT2D eigenvalue weighted by molar-refractivity contribution is -0.137. The van der Waals surface area contributed by atoms with Gasteiger partial charge in [0.15, 0.2) is 0 Å². The van der Waals surface area contributed by atoms with E-state index in [-0.39, 0.29) is 11.5 Å².